The Hall–Kier alpha value is -1.85. The summed E-state index contributed by atoms with van der Waals surface area (Å²) in [6.45, 7) is 5.60. The van der Waals surface area contributed by atoms with E-state index in [1.807, 2.05) is 0 Å². The van der Waals surface area contributed by atoms with Gasteiger partial charge in [-0.05, 0) is 30.7 Å². The summed E-state index contributed by atoms with van der Waals surface area (Å²) in [5, 5.41) is 2.82. The standard InChI is InChI=1S/C15H22N2O3/c1-2-10-19-11-3-4-15(18)17-13-5-7-14(8-6-13)20-12-9-16/h2,5-8H,1,3-4,9-12,16H2,(H,17,18). The molecular formula is C15H22N2O3. The van der Waals surface area contributed by atoms with Crippen LogP contribution in [0.5, 0.6) is 5.75 Å². The van der Waals surface area contributed by atoms with Crippen LogP contribution in [0.3, 0.4) is 0 Å². The van der Waals surface area contributed by atoms with Crippen molar-refractivity contribution >= 4 is 11.6 Å². The zero-order valence-corrected chi connectivity index (χ0v) is 11.6. The van der Waals surface area contributed by atoms with Gasteiger partial charge in [-0.15, -0.1) is 6.58 Å². The Morgan fingerprint density at radius 1 is 1.30 bits per heavy atom. The van der Waals surface area contributed by atoms with Gasteiger partial charge >= 0.3 is 0 Å². The molecule has 110 valence electrons. The van der Waals surface area contributed by atoms with Crippen LogP contribution in [0.15, 0.2) is 36.9 Å². The first-order valence-corrected chi connectivity index (χ1v) is 6.67. The average molecular weight is 278 g/mol. The first kappa shape index (κ1) is 16.2. The van der Waals surface area contributed by atoms with E-state index in [2.05, 4.69) is 11.9 Å². The lowest BCUT2D eigenvalue weighted by Gasteiger charge is -2.07. The van der Waals surface area contributed by atoms with Gasteiger partial charge in [0, 0.05) is 25.3 Å². The van der Waals surface area contributed by atoms with Crippen molar-refractivity contribution in [2.24, 2.45) is 5.73 Å². The van der Waals surface area contributed by atoms with Gasteiger partial charge in [0.2, 0.25) is 5.91 Å². The largest absolute Gasteiger partial charge is 0.492 e. The third kappa shape index (κ3) is 6.92. The average Bonchev–Trinajstić information content (AvgIpc) is 2.46. The molecule has 0 atom stereocenters. The van der Waals surface area contributed by atoms with Gasteiger partial charge in [0.15, 0.2) is 0 Å². The Bertz CT molecular complexity index is 404. The molecule has 0 saturated heterocycles. The molecule has 0 radical (unpaired) electrons. The lowest BCUT2D eigenvalue weighted by Crippen LogP contribution is -2.12. The number of nitrogens with two attached hydrogens (primary N) is 1. The van der Waals surface area contributed by atoms with E-state index in [1.165, 1.54) is 0 Å². The Kier molecular flexibility index (Phi) is 8.10. The molecule has 0 aliphatic carbocycles. The molecule has 0 fully saturated rings. The summed E-state index contributed by atoms with van der Waals surface area (Å²) in [6, 6.07) is 7.22. The SMILES string of the molecule is C=CCOCCCC(=O)Nc1ccc(OCCN)cc1. The zero-order valence-electron chi connectivity index (χ0n) is 11.6. The third-order valence-corrected chi connectivity index (χ3v) is 2.45. The summed E-state index contributed by atoms with van der Waals surface area (Å²) in [5.41, 5.74) is 6.10. The van der Waals surface area contributed by atoms with Crippen LogP contribution in [0, 0.1) is 0 Å². The molecule has 0 aliphatic rings. The molecule has 0 spiro atoms. The number of anilines is 1. The minimum Gasteiger partial charge on any atom is -0.492 e. The second kappa shape index (κ2) is 10.00. The molecule has 0 heterocycles. The second-order valence-electron chi connectivity index (χ2n) is 4.18. The highest BCUT2D eigenvalue weighted by atomic mass is 16.5. The number of carbonyl (C=O) groups excluding carboxylic acids is 1. The maximum absolute atomic E-state index is 11.7. The quantitative estimate of drug-likeness (QED) is 0.507. The fourth-order valence-electron chi connectivity index (χ4n) is 1.54. The number of rotatable bonds is 10. The monoisotopic (exact) mass is 278 g/mol. The topological polar surface area (TPSA) is 73.6 Å². The molecule has 1 aromatic carbocycles. The van der Waals surface area contributed by atoms with Crippen LogP contribution in [0.1, 0.15) is 12.8 Å². The Balaban J connectivity index is 2.25. The number of hydrogen-bond acceptors (Lipinski definition) is 4. The van der Waals surface area contributed by atoms with E-state index >= 15 is 0 Å². The normalized spacial score (nSPS) is 10.1. The van der Waals surface area contributed by atoms with E-state index in [0.29, 0.717) is 39.2 Å². The van der Waals surface area contributed by atoms with Gasteiger partial charge in [0.05, 0.1) is 6.61 Å². The van der Waals surface area contributed by atoms with Crippen molar-refractivity contribution in [1.82, 2.24) is 0 Å². The van der Waals surface area contributed by atoms with Crippen molar-refractivity contribution in [2.45, 2.75) is 12.8 Å². The van der Waals surface area contributed by atoms with Gasteiger partial charge in [0.25, 0.3) is 0 Å². The summed E-state index contributed by atoms with van der Waals surface area (Å²) in [7, 11) is 0. The molecular weight excluding hydrogens is 256 g/mol. The highest BCUT2D eigenvalue weighted by molar-refractivity contribution is 5.90. The number of benzene rings is 1. The molecule has 5 heteroatoms. The van der Waals surface area contributed by atoms with E-state index in [9.17, 15) is 4.79 Å². The number of amides is 1. The predicted octanol–water partition coefficient (Wildman–Crippen LogP) is 1.95. The molecule has 1 aromatic rings. The second-order valence-corrected chi connectivity index (χ2v) is 4.18. The van der Waals surface area contributed by atoms with Crippen LogP contribution < -0.4 is 15.8 Å². The minimum absolute atomic E-state index is 0.0252. The zero-order chi connectivity index (χ0) is 14.6. The van der Waals surface area contributed by atoms with Crippen molar-refractivity contribution in [1.29, 1.82) is 0 Å². The Labute approximate surface area is 119 Å². The third-order valence-electron chi connectivity index (χ3n) is 2.45. The molecule has 1 rings (SSSR count). The smallest absolute Gasteiger partial charge is 0.224 e. The summed E-state index contributed by atoms with van der Waals surface area (Å²) in [5.74, 6) is 0.717. The van der Waals surface area contributed by atoms with Crippen LogP contribution in [0.4, 0.5) is 5.69 Å². The van der Waals surface area contributed by atoms with E-state index in [4.69, 9.17) is 15.2 Å². The first-order valence-electron chi connectivity index (χ1n) is 6.67. The lowest BCUT2D eigenvalue weighted by atomic mass is 10.2. The van der Waals surface area contributed by atoms with Crippen molar-refractivity contribution in [3.05, 3.63) is 36.9 Å². The van der Waals surface area contributed by atoms with Gasteiger partial charge in [0.1, 0.15) is 12.4 Å². The highest BCUT2D eigenvalue weighted by Gasteiger charge is 2.02. The van der Waals surface area contributed by atoms with Crippen molar-refractivity contribution in [3.63, 3.8) is 0 Å². The molecule has 0 saturated carbocycles. The van der Waals surface area contributed by atoms with Crippen LogP contribution in [-0.4, -0.2) is 32.3 Å². The summed E-state index contributed by atoms with van der Waals surface area (Å²) in [6.07, 6.45) is 2.81. The van der Waals surface area contributed by atoms with Gasteiger partial charge < -0.3 is 20.5 Å². The van der Waals surface area contributed by atoms with E-state index in [1.54, 1.807) is 30.3 Å². The van der Waals surface area contributed by atoms with Crippen LogP contribution in [0.2, 0.25) is 0 Å². The van der Waals surface area contributed by atoms with Crippen LogP contribution in [0.25, 0.3) is 0 Å². The summed E-state index contributed by atoms with van der Waals surface area (Å²) >= 11 is 0. The van der Waals surface area contributed by atoms with Gasteiger partial charge in [-0.25, -0.2) is 0 Å². The van der Waals surface area contributed by atoms with Crippen molar-refractivity contribution in [2.75, 3.05) is 31.7 Å². The highest BCUT2D eigenvalue weighted by Crippen LogP contribution is 2.15. The van der Waals surface area contributed by atoms with Gasteiger partial charge in [-0.1, -0.05) is 6.08 Å². The minimum atomic E-state index is -0.0252. The van der Waals surface area contributed by atoms with Crippen molar-refractivity contribution < 1.29 is 14.3 Å². The fourth-order valence-corrected chi connectivity index (χ4v) is 1.54. The molecule has 0 bridgehead atoms. The number of nitrogens with one attached hydrogen (secondary N) is 1. The Morgan fingerprint density at radius 2 is 2.05 bits per heavy atom. The molecule has 3 N–H and O–H groups in total. The maximum Gasteiger partial charge on any atom is 0.224 e. The van der Waals surface area contributed by atoms with E-state index in [-0.39, 0.29) is 5.91 Å². The molecule has 0 aliphatic heterocycles. The molecule has 0 unspecified atom stereocenters. The first-order chi connectivity index (χ1) is 9.76. The van der Waals surface area contributed by atoms with E-state index < -0.39 is 0 Å². The van der Waals surface area contributed by atoms with Gasteiger partial charge in [-0.3, -0.25) is 4.79 Å². The number of hydrogen-bond donors (Lipinski definition) is 2. The van der Waals surface area contributed by atoms with E-state index in [0.717, 1.165) is 11.4 Å². The maximum atomic E-state index is 11.7. The lowest BCUT2D eigenvalue weighted by molar-refractivity contribution is -0.116. The van der Waals surface area contributed by atoms with Crippen molar-refractivity contribution in [3.8, 4) is 5.75 Å². The molecule has 1 amide bonds. The molecule has 0 aromatic heterocycles. The van der Waals surface area contributed by atoms with Gasteiger partial charge in [-0.2, -0.15) is 0 Å². The summed E-state index contributed by atoms with van der Waals surface area (Å²) < 4.78 is 10.6. The number of carbonyl (C=O) groups is 1. The fraction of sp³-hybridized carbons (Fsp3) is 0.400. The van der Waals surface area contributed by atoms with Crippen LogP contribution >= 0.6 is 0 Å². The number of ether oxygens (including phenoxy) is 2. The predicted molar refractivity (Wildman–Crippen MR) is 79.9 cm³/mol. The summed E-state index contributed by atoms with van der Waals surface area (Å²) in [4.78, 5) is 11.7. The molecule has 20 heavy (non-hydrogen) atoms. The van der Waals surface area contributed by atoms with Crippen LogP contribution in [-0.2, 0) is 9.53 Å². The molecule has 5 nitrogen and oxygen atoms in total. The Morgan fingerprint density at radius 3 is 2.70 bits per heavy atom.